The smallest absolute Gasteiger partial charge is 0.0914 e. The van der Waals surface area contributed by atoms with Crippen molar-refractivity contribution < 1.29 is 5.11 Å². The van der Waals surface area contributed by atoms with E-state index in [0.29, 0.717) is 0 Å². The molecule has 0 aromatic carbocycles. The topological polar surface area (TPSA) is 46.0 Å². The van der Waals surface area contributed by atoms with Crippen molar-refractivity contribution in [1.82, 2.24) is 9.97 Å². The Morgan fingerprint density at radius 2 is 2.14 bits per heavy atom. The molecule has 14 heavy (non-hydrogen) atoms. The molecule has 0 spiro atoms. The van der Waals surface area contributed by atoms with E-state index in [-0.39, 0.29) is 0 Å². The molecule has 3 rings (SSSR count). The minimum atomic E-state index is -0.600. The molecule has 3 heteroatoms. The Labute approximate surface area is 81.4 Å². The van der Waals surface area contributed by atoms with Gasteiger partial charge in [-0.3, -0.25) is 9.97 Å². The highest BCUT2D eigenvalue weighted by Gasteiger charge is 2.42. The Hall–Kier alpha value is -1.48. The van der Waals surface area contributed by atoms with Crippen LogP contribution in [0.25, 0.3) is 10.9 Å². The Morgan fingerprint density at radius 3 is 2.93 bits per heavy atom. The number of aromatic nitrogens is 2. The molecule has 0 radical (unpaired) electrons. The molecule has 0 amide bonds. The summed E-state index contributed by atoms with van der Waals surface area (Å²) >= 11 is 0. The fourth-order valence-corrected chi connectivity index (χ4v) is 1.63. The first-order valence-corrected chi connectivity index (χ1v) is 4.71. The van der Waals surface area contributed by atoms with Gasteiger partial charge in [-0.15, -0.1) is 0 Å². The predicted molar refractivity (Wildman–Crippen MR) is 52.7 cm³/mol. The Morgan fingerprint density at radius 1 is 1.29 bits per heavy atom. The van der Waals surface area contributed by atoms with Crippen LogP contribution in [0.3, 0.4) is 0 Å². The van der Waals surface area contributed by atoms with E-state index in [4.69, 9.17) is 0 Å². The minimum absolute atomic E-state index is 0.600. The van der Waals surface area contributed by atoms with E-state index in [9.17, 15) is 5.11 Å². The lowest BCUT2D eigenvalue weighted by molar-refractivity contribution is 0.151. The summed E-state index contributed by atoms with van der Waals surface area (Å²) in [6, 6.07) is 3.85. The van der Waals surface area contributed by atoms with E-state index in [2.05, 4.69) is 9.97 Å². The van der Waals surface area contributed by atoms with Gasteiger partial charge in [0.2, 0.25) is 0 Å². The molecule has 0 aliphatic heterocycles. The number of nitrogens with zero attached hydrogens (tertiary/aromatic N) is 2. The molecule has 1 fully saturated rings. The lowest BCUT2D eigenvalue weighted by atomic mass is 10.1. The molecule has 2 aromatic rings. The summed E-state index contributed by atoms with van der Waals surface area (Å²) in [5, 5.41) is 10.9. The second-order valence-electron chi connectivity index (χ2n) is 3.82. The summed E-state index contributed by atoms with van der Waals surface area (Å²) < 4.78 is 0. The summed E-state index contributed by atoms with van der Waals surface area (Å²) in [7, 11) is 0. The monoisotopic (exact) mass is 186 g/mol. The van der Waals surface area contributed by atoms with Crippen LogP contribution in [-0.4, -0.2) is 15.1 Å². The average molecular weight is 186 g/mol. The molecule has 2 aromatic heterocycles. The van der Waals surface area contributed by atoms with E-state index in [1.54, 1.807) is 18.6 Å². The molecular weight excluding hydrogens is 176 g/mol. The first-order chi connectivity index (χ1) is 6.78. The van der Waals surface area contributed by atoms with Crippen molar-refractivity contribution in [1.29, 1.82) is 0 Å². The van der Waals surface area contributed by atoms with Crippen LogP contribution in [0.4, 0.5) is 0 Å². The minimum Gasteiger partial charge on any atom is -0.385 e. The fraction of sp³-hybridized carbons (Fsp3) is 0.273. The largest absolute Gasteiger partial charge is 0.385 e. The van der Waals surface area contributed by atoms with E-state index in [0.717, 1.165) is 29.3 Å². The molecule has 0 saturated heterocycles. The third kappa shape index (κ3) is 1.09. The maximum Gasteiger partial charge on any atom is 0.0914 e. The lowest BCUT2D eigenvalue weighted by Crippen LogP contribution is -2.04. The third-order valence-corrected chi connectivity index (χ3v) is 2.74. The van der Waals surface area contributed by atoms with Gasteiger partial charge in [0.05, 0.1) is 11.1 Å². The number of pyridine rings is 2. The Bertz CT molecular complexity index is 491. The van der Waals surface area contributed by atoms with Crippen LogP contribution in [0.15, 0.2) is 30.7 Å². The maximum atomic E-state index is 9.90. The highest BCUT2D eigenvalue weighted by atomic mass is 16.3. The van der Waals surface area contributed by atoms with E-state index < -0.39 is 5.60 Å². The lowest BCUT2D eigenvalue weighted by Gasteiger charge is -2.07. The number of aliphatic hydroxyl groups is 1. The SMILES string of the molecule is OC1(c2cnc3ccncc3c2)CC1. The zero-order valence-electron chi connectivity index (χ0n) is 7.64. The first-order valence-electron chi connectivity index (χ1n) is 4.71. The van der Waals surface area contributed by atoms with Gasteiger partial charge in [0.25, 0.3) is 0 Å². The summed E-state index contributed by atoms with van der Waals surface area (Å²) in [4.78, 5) is 8.32. The van der Waals surface area contributed by atoms with Gasteiger partial charge in [-0.05, 0) is 25.0 Å². The van der Waals surface area contributed by atoms with Gasteiger partial charge in [0.15, 0.2) is 0 Å². The van der Waals surface area contributed by atoms with Crippen molar-refractivity contribution in [3.8, 4) is 0 Å². The molecule has 1 saturated carbocycles. The van der Waals surface area contributed by atoms with Crippen LogP contribution in [-0.2, 0) is 5.60 Å². The van der Waals surface area contributed by atoms with E-state index in [1.807, 2.05) is 12.1 Å². The van der Waals surface area contributed by atoms with Crippen LogP contribution in [0.5, 0.6) is 0 Å². The standard InChI is InChI=1S/C11H10N2O/c14-11(2-3-11)9-5-8-6-12-4-1-10(8)13-7-9/h1,4-7,14H,2-3H2. The number of rotatable bonds is 1. The maximum absolute atomic E-state index is 9.90. The molecule has 0 unspecified atom stereocenters. The predicted octanol–water partition coefficient (Wildman–Crippen LogP) is 1.61. The first kappa shape index (κ1) is 7.88. The zero-order valence-corrected chi connectivity index (χ0v) is 7.64. The Kier molecular flexibility index (Phi) is 1.42. The van der Waals surface area contributed by atoms with Gasteiger partial charge < -0.3 is 5.11 Å². The van der Waals surface area contributed by atoms with Crippen molar-refractivity contribution in [3.05, 3.63) is 36.3 Å². The molecule has 1 aliphatic carbocycles. The van der Waals surface area contributed by atoms with Gasteiger partial charge in [0, 0.05) is 29.5 Å². The fourth-order valence-electron chi connectivity index (χ4n) is 1.63. The van der Waals surface area contributed by atoms with Crippen molar-refractivity contribution >= 4 is 10.9 Å². The molecule has 3 nitrogen and oxygen atoms in total. The molecule has 70 valence electrons. The highest BCUT2D eigenvalue weighted by molar-refractivity contribution is 5.77. The molecule has 0 atom stereocenters. The van der Waals surface area contributed by atoms with Gasteiger partial charge >= 0.3 is 0 Å². The zero-order chi connectivity index (χ0) is 9.60. The van der Waals surface area contributed by atoms with Crippen LogP contribution in [0.1, 0.15) is 18.4 Å². The van der Waals surface area contributed by atoms with Crippen molar-refractivity contribution in [2.75, 3.05) is 0 Å². The summed E-state index contributed by atoms with van der Waals surface area (Å²) in [6.45, 7) is 0. The number of fused-ring (bicyclic) bond motifs is 1. The van der Waals surface area contributed by atoms with Gasteiger partial charge in [-0.1, -0.05) is 0 Å². The normalized spacial score (nSPS) is 18.4. The van der Waals surface area contributed by atoms with Crippen molar-refractivity contribution in [2.45, 2.75) is 18.4 Å². The second kappa shape index (κ2) is 2.51. The van der Waals surface area contributed by atoms with Crippen LogP contribution >= 0.6 is 0 Å². The van der Waals surface area contributed by atoms with E-state index in [1.165, 1.54) is 0 Å². The molecule has 2 heterocycles. The summed E-state index contributed by atoms with van der Waals surface area (Å²) in [5.74, 6) is 0. The van der Waals surface area contributed by atoms with Crippen molar-refractivity contribution in [3.63, 3.8) is 0 Å². The molecule has 1 N–H and O–H groups in total. The van der Waals surface area contributed by atoms with Gasteiger partial charge in [-0.2, -0.15) is 0 Å². The molecule has 1 aliphatic rings. The van der Waals surface area contributed by atoms with Crippen molar-refractivity contribution in [2.24, 2.45) is 0 Å². The quantitative estimate of drug-likeness (QED) is 0.736. The van der Waals surface area contributed by atoms with Gasteiger partial charge in [-0.25, -0.2) is 0 Å². The summed E-state index contributed by atoms with van der Waals surface area (Å²) in [5.41, 5.74) is 1.24. The molecular formula is C11H10N2O. The average Bonchev–Trinajstić information content (AvgIpc) is 2.97. The van der Waals surface area contributed by atoms with Gasteiger partial charge in [0.1, 0.15) is 0 Å². The summed E-state index contributed by atoms with van der Waals surface area (Å²) in [6.07, 6.45) is 6.95. The third-order valence-electron chi connectivity index (χ3n) is 2.74. The Balaban J connectivity index is 2.20. The second-order valence-corrected chi connectivity index (χ2v) is 3.82. The number of hydrogen-bond acceptors (Lipinski definition) is 3. The molecule has 0 bridgehead atoms. The van der Waals surface area contributed by atoms with Crippen LogP contribution in [0.2, 0.25) is 0 Å². The number of hydrogen-bond donors (Lipinski definition) is 1. The highest BCUT2D eigenvalue weighted by Crippen LogP contribution is 2.45. The van der Waals surface area contributed by atoms with E-state index >= 15 is 0 Å². The van der Waals surface area contributed by atoms with Crippen LogP contribution in [0, 0.1) is 0 Å². The van der Waals surface area contributed by atoms with Crippen LogP contribution < -0.4 is 0 Å².